The second-order valence-electron chi connectivity index (χ2n) is 7.49. The van der Waals surface area contributed by atoms with E-state index in [1.807, 2.05) is 53.2 Å². The lowest BCUT2D eigenvalue weighted by molar-refractivity contribution is 0.206. The van der Waals surface area contributed by atoms with E-state index in [0.717, 1.165) is 38.2 Å². The Morgan fingerprint density at radius 2 is 1.94 bits per heavy atom. The Morgan fingerprint density at radius 1 is 1.18 bits per heavy atom. The minimum atomic E-state index is 0.389. The number of imidazole rings is 1. The molecular formula is C29H49N5. The molecule has 1 aliphatic rings. The molecule has 0 amide bonds. The number of nitrogens with one attached hydrogen (secondary N) is 1. The molecule has 2 aromatic rings. The molecule has 3 rings (SSSR count). The number of aromatic nitrogens is 3. The highest BCUT2D eigenvalue weighted by atomic mass is 15.2. The Bertz CT molecular complexity index is 806. The van der Waals surface area contributed by atoms with E-state index < -0.39 is 0 Å². The summed E-state index contributed by atoms with van der Waals surface area (Å²) in [5, 5.41) is 3.05. The van der Waals surface area contributed by atoms with Gasteiger partial charge in [0.1, 0.15) is 0 Å². The zero-order valence-electron chi connectivity index (χ0n) is 22.8. The molecule has 34 heavy (non-hydrogen) atoms. The van der Waals surface area contributed by atoms with Crippen LogP contribution in [-0.4, -0.2) is 33.0 Å². The molecule has 0 saturated carbocycles. The average Bonchev–Trinajstić information content (AvgIpc) is 3.34. The van der Waals surface area contributed by atoms with Gasteiger partial charge < -0.3 is 9.88 Å². The Kier molecular flexibility index (Phi) is 19.3. The Balaban J connectivity index is 0.00000106. The van der Waals surface area contributed by atoms with Crippen molar-refractivity contribution in [3.63, 3.8) is 0 Å². The van der Waals surface area contributed by atoms with Crippen molar-refractivity contribution in [2.75, 3.05) is 13.6 Å². The SMILES string of the molecule is C/C=C\CC.C=CNC/C=C/Cn1cnc(CN(C)C2CCCc3cccnc32)c1.CC.CC. The van der Waals surface area contributed by atoms with Crippen LogP contribution in [0.15, 0.2) is 67.9 Å². The monoisotopic (exact) mass is 467 g/mol. The molecule has 0 aromatic carbocycles. The predicted molar refractivity (Wildman–Crippen MR) is 149 cm³/mol. The van der Waals surface area contributed by atoms with E-state index in [0.29, 0.717) is 6.04 Å². The molecule has 1 N–H and O–H groups in total. The fourth-order valence-corrected chi connectivity index (χ4v) is 3.63. The maximum Gasteiger partial charge on any atom is 0.0952 e. The van der Waals surface area contributed by atoms with Crippen LogP contribution in [0.5, 0.6) is 0 Å². The average molecular weight is 468 g/mol. The second kappa shape index (κ2) is 20.9. The molecule has 2 heterocycles. The number of rotatable bonds is 9. The molecule has 0 aliphatic heterocycles. The molecule has 5 nitrogen and oxygen atoms in total. The van der Waals surface area contributed by atoms with Crippen molar-refractivity contribution in [2.45, 2.75) is 86.4 Å². The van der Waals surface area contributed by atoms with Gasteiger partial charge in [-0.15, -0.1) is 0 Å². The van der Waals surface area contributed by atoms with E-state index in [1.54, 1.807) is 6.20 Å². The number of pyridine rings is 1. The van der Waals surface area contributed by atoms with Crippen molar-refractivity contribution in [3.8, 4) is 0 Å². The topological polar surface area (TPSA) is 46.0 Å². The first-order chi connectivity index (χ1) is 16.7. The Morgan fingerprint density at radius 3 is 2.59 bits per heavy atom. The number of hydrogen-bond acceptors (Lipinski definition) is 4. The van der Waals surface area contributed by atoms with Gasteiger partial charge in [0.15, 0.2) is 0 Å². The summed E-state index contributed by atoms with van der Waals surface area (Å²) in [6, 6.07) is 4.64. The third-order valence-electron chi connectivity index (χ3n) is 5.13. The number of allylic oxidation sites excluding steroid dienone is 3. The van der Waals surface area contributed by atoms with Crippen molar-refractivity contribution in [2.24, 2.45) is 0 Å². The molecular weight excluding hydrogens is 418 g/mol. The molecule has 5 heteroatoms. The van der Waals surface area contributed by atoms with Crippen LogP contribution in [0.25, 0.3) is 0 Å². The minimum Gasteiger partial charge on any atom is -0.388 e. The normalized spacial score (nSPS) is 14.3. The summed E-state index contributed by atoms with van der Waals surface area (Å²) in [5.74, 6) is 0. The lowest BCUT2D eigenvalue weighted by atomic mass is 9.91. The number of hydrogen-bond donors (Lipinski definition) is 1. The van der Waals surface area contributed by atoms with Crippen molar-refractivity contribution >= 4 is 0 Å². The summed E-state index contributed by atoms with van der Waals surface area (Å²) in [5.41, 5.74) is 3.74. The maximum atomic E-state index is 4.64. The molecule has 0 radical (unpaired) electrons. The highest BCUT2D eigenvalue weighted by Crippen LogP contribution is 2.32. The van der Waals surface area contributed by atoms with Gasteiger partial charge in [-0.1, -0.05) is 71.6 Å². The molecule has 1 aliphatic carbocycles. The van der Waals surface area contributed by atoms with Crippen molar-refractivity contribution in [1.29, 1.82) is 0 Å². The van der Waals surface area contributed by atoms with E-state index in [2.05, 4.69) is 81.9 Å². The predicted octanol–water partition coefficient (Wildman–Crippen LogP) is 7.10. The van der Waals surface area contributed by atoms with E-state index >= 15 is 0 Å². The fraction of sp³-hybridized carbons (Fsp3) is 0.517. The Labute approximate surface area is 209 Å². The minimum absolute atomic E-state index is 0.389. The van der Waals surface area contributed by atoms with Crippen molar-refractivity contribution in [1.82, 2.24) is 24.8 Å². The smallest absolute Gasteiger partial charge is 0.0952 e. The van der Waals surface area contributed by atoms with Crippen LogP contribution in [-0.2, 0) is 19.5 Å². The van der Waals surface area contributed by atoms with Crippen molar-refractivity contribution < 1.29 is 0 Å². The van der Waals surface area contributed by atoms with Gasteiger partial charge in [0.05, 0.1) is 23.8 Å². The summed E-state index contributed by atoms with van der Waals surface area (Å²) < 4.78 is 2.11. The van der Waals surface area contributed by atoms with E-state index in [1.165, 1.54) is 24.1 Å². The quantitative estimate of drug-likeness (QED) is 0.315. The largest absolute Gasteiger partial charge is 0.388 e. The fourth-order valence-electron chi connectivity index (χ4n) is 3.63. The van der Waals surface area contributed by atoms with Crippen molar-refractivity contribution in [3.05, 3.63) is 84.9 Å². The zero-order valence-corrected chi connectivity index (χ0v) is 22.8. The number of nitrogens with zero attached hydrogens (tertiary/aromatic N) is 4. The standard InChI is InChI=1S/C20H27N5.C5H10.2C2H6/c1-3-21-11-4-5-13-25-15-18(23-16-25)14-24(2)19-10-6-8-17-9-7-12-22-20(17)19;1-3-5-4-2;2*1-2/h3-5,7,9,12,15-16,19,21H,1,6,8,10-11,13-14H2,2H3;3,5H,4H2,1-2H3;2*1-2H3/b5-4+;5-3-;;. The van der Waals surface area contributed by atoms with Gasteiger partial charge >= 0.3 is 0 Å². The van der Waals surface area contributed by atoms with Gasteiger partial charge in [-0.2, -0.15) is 0 Å². The molecule has 1 unspecified atom stereocenters. The number of fused-ring (bicyclic) bond motifs is 1. The third-order valence-corrected chi connectivity index (χ3v) is 5.13. The molecule has 1 atom stereocenters. The van der Waals surface area contributed by atoms with Crippen LogP contribution in [0, 0.1) is 0 Å². The summed E-state index contributed by atoms with van der Waals surface area (Å²) in [7, 11) is 2.17. The van der Waals surface area contributed by atoms with Gasteiger partial charge in [-0.25, -0.2) is 4.98 Å². The summed E-state index contributed by atoms with van der Waals surface area (Å²) in [6.07, 6.45) is 20.8. The Hall–Kier alpha value is -2.66. The van der Waals surface area contributed by atoms with Crippen LogP contribution >= 0.6 is 0 Å². The molecule has 0 saturated heterocycles. The van der Waals surface area contributed by atoms with Crippen LogP contribution in [0.4, 0.5) is 0 Å². The zero-order chi connectivity index (χ0) is 25.6. The first-order valence-electron chi connectivity index (χ1n) is 12.9. The lowest BCUT2D eigenvalue weighted by Gasteiger charge is -2.31. The van der Waals surface area contributed by atoms with Crippen LogP contribution in [0.2, 0.25) is 0 Å². The van der Waals surface area contributed by atoms with Gasteiger partial charge in [-0.05, 0) is 57.5 Å². The number of aryl methyl sites for hydroxylation is 1. The van der Waals surface area contributed by atoms with Gasteiger partial charge in [0.2, 0.25) is 0 Å². The van der Waals surface area contributed by atoms with Gasteiger partial charge in [0.25, 0.3) is 0 Å². The van der Waals surface area contributed by atoms with Gasteiger partial charge in [0, 0.05) is 32.0 Å². The third kappa shape index (κ3) is 12.0. The molecule has 2 aromatic heterocycles. The maximum absolute atomic E-state index is 4.64. The highest BCUT2D eigenvalue weighted by molar-refractivity contribution is 5.25. The molecule has 190 valence electrons. The summed E-state index contributed by atoms with van der Waals surface area (Å²) >= 11 is 0. The highest BCUT2D eigenvalue weighted by Gasteiger charge is 2.25. The molecule has 0 fully saturated rings. The van der Waals surface area contributed by atoms with Crippen LogP contribution in [0.1, 0.15) is 83.8 Å². The van der Waals surface area contributed by atoms with Crippen LogP contribution in [0.3, 0.4) is 0 Å². The lowest BCUT2D eigenvalue weighted by Crippen LogP contribution is -2.28. The molecule has 0 bridgehead atoms. The summed E-state index contributed by atoms with van der Waals surface area (Å²) in [6.45, 7) is 18.3. The second-order valence-corrected chi connectivity index (χ2v) is 7.49. The van der Waals surface area contributed by atoms with E-state index in [-0.39, 0.29) is 0 Å². The molecule has 0 spiro atoms. The summed E-state index contributed by atoms with van der Waals surface area (Å²) in [4.78, 5) is 11.6. The van der Waals surface area contributed by atoms with Crippen LogP contribution < -0.4 is 5.32 Å². The van der Waals surface area contributed by atoms with Gasteiger partial charge in [-0.3, -0.25) is 9.88 Å². The first kappa shape index (κ1) is 31.3. The first-order valence-corrected chi connectivity index (χ1v) is 12.9. The van der Waals surface area contributed by atoms with E-state index in [9.17, 15) is 0 Å². The van der Waals surface area contributed by atoms with E-state index in [4.69, 9.17) is 0 Å².